The van der Waals surface area contributed by atoms with Gasteiger partial charge in [-0.2, -0.15) is 0 Å². The van der Waals surface area contributed by atoms with Crippen LogP contribution in [0.25, 0.3) is 0 Å². The van der Waals surface area contributed by atoms with Crippen molar-refractivity contribution in [2.75, 3.05) is 7.05 Å². The number of hydrogen-bond acceptors (Lipinski definition) is 2. The lowest BCUT2D eigenvalue weighted by Crippen LogP contribution is -2.37. The van der Waals surface area contributed by atoms with Crippen molar-refractivity contribution in [2.45, 2.75) is 57.5 Å². The van der Waals surface area contributed by atoms with Crippen LogP contribution in [0.5, 0.6) is 0 Å². The molecular weight excluding hydrogens is 248 g/mol. The number of nitrogens with two attached hydrogens (primary N) is 1. The molecule has 0 aromatic heterocycles. The second-order valence-electron chi connectivity index (χ2n) is 5.86. The third-order valence-electron chi connectivity index (χ3n) is 4.29. The number of hydrogen-bond donors (Lipinski definition) is 1. The lowest BCUT2D eigenvalue weighted by molar-refractivity contribution is -0.132. The highest BCUT2D eigenvalue weighted by Gasteiger charge is 2.26. The first kappa shape index (κ1) is 15.0. The monoisotopic (exact) mass is 274 g/mol. The molecule has 0 bridgehead atoms. The third-order valence-corrected chi connectivity index (χ3v) is 4.29. The molecule has 2 atom stereocenters. The smallest absolute Gasteiger partial charge is 0.224 e. The molecule has 20 heavy (non-hydrogen) atoms. The molecular formula is C17H26N2O. The maximum absolute atomic E-state index is 12.4. The Labute approximate surface area is 122 Å². The maximum atomic E-state index is 12.4. The molecule has 1 aromatic carbocycles. The number of aryl methyl sites for hydroxylation is 1. The van der Waals surface area contributed by atoms with Crippen LogP contribution >= 0.6 is 0 Å². The largest absolute Gasteiger partial charge is 0.339 e. The highest BCUT2D eigenvalue weighted by Crippen LogP contribution is 2.33. The zero-order chi connectivity index (χ0) is 14.5. The van der Waals surface area contributed by atoms with E-state index >= 15 is 0 Å². The first-order valence-electron chi connectivity index (χ1n) is 7.72. The van der Waals surface area contributed by atoms with Gasteiger partial charge >= 0.3 is 0 Å². The van der Waals surface area contributed by atoms with Crippen molar-refractivity contribution in [2.24, 2.45) is 5.73 Å². The maximum Gasteiger partial charge on any atom is 0.224 e. The van der Waals surface area contributed by atoms with Crippen molar-refractivity contribution < 1.29 is 4.79 Å². The average molecular weight is 274 g/mol. The molecule has 0 aliphatic heterocycles. The van der Waals surface area contributed by atoms with Crippen LogP contribution < -0.4 is 5.73 Å². The van der Waals surface area contributed by atoms with E-state index < -0.39 is 0 Å². The van der Waals surface area contributed by atoms with E-state index in [1.54, 1.807) is 0 Å². The van der Waals surface area contributed by atoms with E-state index in [1.165, 1.54) is 11.1 Å². The number of fused-ring (bicyclic) bond motifs is 1. The Morgan fingerprint density at radius 2 is 2.20 bits per heavy atom. The van der Waals surface area contributed by atoms with Crippen molar-refractivity contribution in [1.29, 1.82) is 0 Å². The summed E-state index contributed by atoms with van der Waals surface area (Å²) in [6, 6.07) is 8.71. The third kappa shape index (κ3) is 3.40. The first-order chi connectivity index (χ1) is 9.63. The number of rotatable bonds is 5. The standard InChI is InChI=1S/C17H26N2O/c1-3-7-14(18)12-17(20)19(2)16-11-6-9-13-8-4-5-10-15(13)16/h4-5,8,10,14,16H,3,6-7,9,11-12,18H2,1-2H3. The lowest BCUT2D eigenvalue weighted by atomic mass is 9.87. The first-order valence-corrected chi connectivity index (χ1v) is 7.72. The normalized spacial score (nSPS) is 19.2. The fraction of sp³-hybridized carbons (Fsp3) is 0.588. The summed E-state index contributed by atoms with van der Waals surface area (Å²) in [4.78, 5) is 14.3. The highest BCUT2D eigenvalue weighted by atomic mass is 16.2. The molecule has 2 unspecified atom stereocenters. The van der Waals surface area contributed by atoms with Gasteiger partial charge in [0.05, 0.1) is 6.04 Å². The topological polar surface area (TPSA) is 46.3 Å². The molecule has 2 rings (SSSR count). The zero-order valence-corrected chi connectivity index (χ0v) is 12.6. The number of amides is 1. The van der Waals surface area contributed by atoms with Crippen LogP contribution in [0.4, 0.5) is 0 Å². The number of nitrogens with zero attached hydrogens (tertiary/aromatic N) is 1. The van der Waals surface area contributed by atoms with Crippen LogP contribution in [0.3, 0.4) is 0 Å². The number of carbonyl (C=O) groups excluding carboxylic acids is 1. The van der Waals surface area contributed by atoms with Gasteiger partial charge in [-0.15, -0.1) is 0 Å². The second-order valence-corrected chi connectivity index (χ2v) is 5.86. The molecule has 2 N–H and O–H groups in total. The Kier molecular flexibility index (Phi) is 5.18. The van der Waals surface area contributed by atoms with Gasteiger partial charge in [-0.25, -0.2) is 0 Å². The molecule has 1 aliphatic carbocycles. The van der Waals surface area contributed by atoms with Crippen molar-refractivity contribution in [1.82, 2.24) is 4.90 Å². The summed E-state index contributed by atoms with van der Waals surface area (Å²) in [5.41, 5.74) is 8.71. The minimum atomic E-state index is -0.00576. The molecule has 110 valence electrons. The summed E-state index contributed by atoms with van der Waals surface area (Å²) < 4.78 is 0. The highest BCUT2D eigenvalue weighted by molar-refractivity contribution is 5.77. The zero-order valence-electron chi connectivity index (χ0n) is 12.6. The van der Waals surface area contributed by atoms with Gasteiger partial charge in [0, 0.05) is 19.5 Å². The molecule has 1 aromatic rings. The summed E-state index contributed by atoms with van der Waals surface area (Å²) in [6.45, 7) is 2.10. The summed E-state index contributed by atoms with van der Waals surface area (Å²) in [5.74, 6) is 0.174. The van der Waals surface area contributed by atoms with E-state index in [-0.39, 0.29) is 18.0 Å². The van der Waals surface area contributed by atoms with Crippen molar-refractivity contribution >= 4 is 5.91 Å². The molecule has 0 radical (unpaired) electrons. The van der Waals surface area contributed by atoms with Crippen molar-refractivity contribution in [3.05, 3.63) is 35.4 Å². The molecule has 0 saturated heterocycles. The SMILES string of the molecule is CCCC(N)CC(=O)N(C)C1CCCc2ccccc21. The van der Waals surface area contributed by atoms with Crippen LogP contribution in [0.1, 0.15) is 56.2 Å². The molecule has 1 amide bonds. The summed E-state index contributed by atoms with van der Waals surface area (Å²) in [5, 5.41) is 0. The van der Waals surface area contributed by atoms with Gasteiger partial charge in [0.2, 0.25) is 5.91 Å². The van der Waals surface area contributed by atoms with Crippen LogP contribution in [-0.2, 0) is 11.2 Å². The molecule has 1 aliphatic rings. The van der Waals surface area contributed by atoms with Gasteiger partial charge in [0.25, 0.3) is 0 Å². The van der Waals surface area contributed by atoms with Crippen LogP contribution in [-0.4, -0.2) is 23.9 Å². The van der Waals surface area contributed by atoms with Gasteiger partial charge in [-0.1, -0.05) is 37.6 Å². The summed E-state index contributed by atoms with van der Waals surface area (Å²) >= 11 is 0. The molecule has 3 heteroatoms. The fourth-order valence-electron chi connectivity index (χ4n) is 3.15. The van der Waals surface area contributed by atoms with E-state index in [0.717, 1.165) is 32.1 Å². The fourth-order valence-corrected chi connectivity index (χ4v) is 3.15. The van der Waals surface area contributed by atoms with Crippen LogP contribution in [0, 0.1) is 0 Å². The lowest BCUT2D eigenvalue weighted by Gasteiger charge is -2.34. The molecule has 3 nitrogen and oxygen atoms in total. The quantitative estimate of drug-likeness (QED) is 0.897. The van der Waals surface area contributed by atoms with Gasteiger partial charge < -0.3 is 10.6 Å². The Morgan fingerprint density at radius 3 is 2.95 bits per heavy atom. The number of benzene rings is 1. The van der Waals surface area contributed by atoms with E-state index in [2.05, 4.69) is 31.2 Å². The van der Waals surface area contributed by atoms with Crippen molar-refractivity contribution in [3.8, 4) is 0 Å². The van der Waals surface area contributed by atoms with Gasteiger partial charge in [-0.05, 0) is 36.8 Å². The van der Waals surface area contributed by atoms with Gasteiger partial charge in [0.1, 0.15) is 0 Å². The van der Waals surface area contributed by atoms with E-state index in [0.29, 0.717) is 6.42 Å². The van der Waals surface area contributed by atoms with Crippen LogP contribution in [0.15, 0.2) is 24.3 Å². The summed E-state index contributed by atoms with van der Waals surface area (Å²) in [6.07, 6.45) is 5.75. The van der Waals surface area contributed by atoms with Gasteiger partial charge in [0.15, 0.2) is 0 Å². The van der Waals surface area contributed by atoms with Crippen molar-refractivity contribution in [3.63, 3.8) is 0 Å². The summed E-state index contributed by atoms with van der Waals surface area (Å²) in [7, 11) is 1.92. The Bertz CT molecular complexity index is 458. The van der Waals surface area contributed by atoms with Crippen LogP contribution in [0.2, 0.25) is 0 Å². The van der Waals surface area contributed by atoms with E-state index in [1.807, 2.05) is 11.9 Å². The Hall–Kier alpha value is -1.35. The molecule has 0 saturated carbocycles. The van der Waals surface area contributed by atoms with E-state index in [9.17, 15) is 4.79 Å². The minimum Gasteiger partial charge on any atom is -0.339 e. The van der Waals surface area contributed by atoms with E-state index in [4.69, 9.17) is 5.73 Å². The average Bonchev–Trinajstić information content (AvgIpc) is 2.46. The minimum absolute atomic E-state index is 0.00576. The second kappa shape index (κ2) is 6.89. The predicted molar refractivity (Wildman–Crippen MR) is 82.4 cm³/mol. The Morgan fingerprint density at radius 1 is 1.45 bits per heavy atom. The Balaban J connectivity index is 2.06. The predicted octanol–water partition coefficient (Wildman–Crippen LogP) is 3.04. The van der Waals surface area contributed by atoms with Gasteiger partial charge in [-0.3, -0.25) is 4.79 Å². The molecule has 0 heterocycles. The number of carbonyl (C=O) groups is 1. The molecule has 0 fully saturated rings. The molecule has 0 spiro atoms.